The summed E-state index contributed by atoms with van der Waals surface area (Å²) in [6.45, 7) is 0.115. The van der Waals surface area contributed by atoms with Crippen LogP contribution in [0, 0.1) is 5.92 Å². The van der Waals surface area contributed by atoms with E-state index in [1.165, 1.54) is 4.90 Å². The second kappa shape index (κ2) is 15.5. The summed E-state index contributed by atoms with van der Waals surface area (Å²) in [7, 11) is -2.22. The van der Waals surface area contributed by atoms with Gasteiger partial charge in [0.2, 0.25) is 21.8 Å². The molecule has 2 saturated heterocycles. The van der Waals surface area contributed by atoms with Crippen molar-refractivity contribution in [2.45, 2.75) is 93.2 Å². The van der Waals surface area contributed by atoms with E-state index in [2.05, 4.69) is 10.0 Å². The van der Waals surface area contributed by atoms with Crippen LogP contribution < -0.4 is 25.2 Å². The molecule has 1 aromatic heterocycles. The minimum absolute atomic E-state index is 0. The van der Waals surface area contributed by atoms with Gasteiger partial charge in [-0.25, -0.2) is 13.4 Å². The van der Waals surface area contributed by atoms with E-state index in [1.807, 2.05) is 54.6 Å². The molecule has 4 N–H and O–H groups in total. The standard InChI is InChI=1S/C36H43N5O7S.2ClH/c1-47-24-13-16-27-30(17-24)38-29(22-9-5-4-6-10-22)19-32(27)48-25-18-31-33(42)39-36(35(44)40-49(45,46)26-14-15-26)20-23(36)11-7-2-3-8-12-28(37)34(43)41(31)21-25;;/h4-6,9-10,13,16-17,19,23,25-26,28,31H,2-3,7-8,11-12,14-15,18,20-21,37H2,1H3,(H,39,42)(H,40,44);2*1H/t23-,25-,28+,31+,36-;;/m1../s1. The van der Waals surface area contributed by atoms with Crippen LogP contribution in [-0.2, 0) is 24.4 Å². The van der Waals surface area contributed by atoms with Crippen LogP contribution in [0.3, 0.4) is 0 Å². The minimum Gasteiger partial charge on any atom is -0.497 e. The Morgan fingerprint density at radius 2 is 1.73 bits per heavy atom. The van der Waals surface area contributed by atoms with Crippen LogP contribution in [0.4, 0.5) is 0 Å². The van der Waals surface area contributed by atoms with Crippen molar-refractivity contribution in [3.63, 3.8) is 0 Å². The van der Waals surface area contributed by atoms with E-state index in [-0.39, 0.29) is 49.6 Å². The molecule has 3 aromatic rings. The molecule has 2 aliphatic carbocycles. The highest BCUT2D eigenvalue weighted by atomic mass is 35.5. The third kappa shape index (κ3) is 8.06. The third-order valence-electron chi connectivity index (χ3n) is 10.4. The first-order valence-corrected chi connectivity index (χ1v) is 18.8. The molecule has 4 fully saturated rings. The number of carbonyl (C=O) groups is 3. The van der Waals surface area contributed by atoms with Gasteiger partial charge in [0, 0.05) is 29.5 Å². The van der Waals surface area contributed by atoms with Gasteiger partial charge in [-0.15, -0.1) is 24.8 Å². The van der Waals surface area contributed by atoms with Gasteiger partial charge < -0.3 is 25.4 Å². The topological polar surface area (TPSA) is 170 Å². The Morgan fingerprint density at radius 3 is 2.43 bits per heavy atom. The molecule has 0 spiro atoms. The average Bonchev–Trinajstić information content (AvgIpc) is 4.02. The van der Waals surface area contributed by atoms with E-state index in [1.54, 1.807) is 7.11 Å². The second-order valence-electron chi connectivity index (χ2n) is 13.9. The average molecular weight is 763 g/mol. The Labute approximate surface area is 310 Å². The Morgan fingerprint density at radius 1 is 1.00 bits per heavy atom. The number of pyridine rings is 1. The molecule has 5 atom stereocenters. The number of methoxy groups -OCH3 is 1. The van der Waals surface area contributed by atoms with E-state index >= 15 is 0 Å². The molecule has 12 nitrogen and oxygen atoms in total. The molecule has 3 heterocycles. The number of sulfonamides is 1. The lowest BCUT2D eigenvalue weighted by Gasteiger charge is -2.28. The molecule has 2 aliphatic heterocycles. The number of nitrogens with zero attached hydrogens (tertiary/aromatic N) is 2. The second-order valence-corrected chi connectivity index (χ2v) is 15.8. The number of benzene rings is 2. The van der Waals surface area contributed by atoms with Crippen LogP contribution in [0.25, 0.3) is 22.2 Å². The predicted octanol–water partition coefficient (Wildman–Crippen LogP) is 4.27. The molecule has 4 aliphatic rings. The number of nitrogens with two attached hydrogens (primary N) is 1. The number of aromatic nitrogens is 1. The molecule has 3 amide bonds. The first-order valence-electron chi connectivity index (χ1n) is 17.2. The first kappa shape index (κ1) is 38.6. The van der Waals surface area contributed by atoms with Crippen molar-refractivity contribution >= 4 is 63.5 Å². The molecular weight excluding hydrogens is 717 g/mol. The van der Waals surface area contributed by atoms with Crippen LogP contribution >= 0.6 is 24.8 Å². The zero-order valence-electron chi connectivity index (χ0n) is 28.4. The maximum atomic E-state index is 14.1. The zero-order valence-corrected chi connectivity index (χ0v) is 30.9. The number of fused-ring (bicyclic) bond motifs is 3. The maximum absolute atomic E-state index is 14.1. The van der Waals surface area contributed by atoms with Crippen LogP contribution in [0.1, 0.15) is 64.2 Å². The molecule has 0 radical (unpaired) electrons. The number of hydrogen-bond acceptors (Lipinski definition) is 9. The molecule has 0 bridgehead atoms. The summed E-state index contributed by atoms with van der Waals surface area (Å²) in [6, 6.07) is 15.4. The van der Waals surface area contributed by atoms with Gasteiger partial charge in [-0.1, -0.05) is 56.0 Å². The number of hydrogen-bond donors (Lipinski definition) is 3. The fraction of sp³-hybridized carbons (Fsp3) is 0.500. The number of halogens is 2. The van der Waals surface area contributed by atoms with Crippen LogP contribution in [0.15, 0.2) is 54.6 Å². The summed E-state index contributed by atoms with van der Waals surface area (Å²) in [6.07, 6.45) is 5.52. The van der Waals surface area contributed by atoms with Crippen molar-refractivity contribution in [3.05, 3.63) is 54.6 Å². The Hall–Kier alpha value is -3.65. The lowest BCUT2D eigenvalue weighted by molar-refractivity contribution is -0.140. The van der Waals surface area contributed by atoms with Gasteiger partial charge in [-0.3, -0.25) is 19.1 Å². The number of nitrogens with one attached hydrogen (secondary N) is 2. The van der Waals surface area contributed by atoms with Crippen molar-refractivity contribution in [1.82, 2.24) is 19.9 Å². The number of amides is 3. The molecule has 0 unspecified atom stereocenters. The zero-order chi connectivity index (χ0) is 34.3. The van der Waals surface area contributed by atoms with Crippen molar-refractivity contribution < 1.29 is 32.3 Å². The van der Waals surface area contributed by atoms with E-state index < -0.39 is 50.8 Å². The van der Waals surface area contributed by atoms with Gasteiger partial charge in [-0.2, -0.15) is 0 Å². The highest BCUT2D eigenvalue weighted by molar-refractivity contribution is 7.91. The smallest absolute Gasteiger partial charge is 0.259 e. The Balaban J connectivity index is 0.00000252. The fourth-order valence-electron chi connectivity index (χ4n) is 7.31. The van der Waals surface area contributed by atoms with E-state index in [0.29, 0.717) is 54.8 Å². The van der Waals surface area contributed by atoms with Crippen molar-refractivity contribution in [1.29, 1.82) is 0 Å². The van der Waals surface area contributed by atoms with Crippen molar-refractivity contribution in [3.8, 4) is 22.8 Å². The number of carbonyl (C=O) groups excluding carboxylic acids is 3. The summed E-state index contributed by atoms with van der Waals surface area (Å²) in [5.74, 6) is -0.560. The first-order chi connectivity index (χ1) is 23.6. The molecule has 7 rings (SSSR count). The van der Waals surface area contributed by atoms with Gasteiger partial charge in [0.1, 0.15) is 29.2 Å². The van der Waals surface area contributed by atoms with Crippen molar-refractivity contribution in [2.24, 2.45) is 11.7 Å². The number of ether oxygens (including phenoxy) is 2. The van der Waals surface area contributed by atoms with E-state index in [4.69, 9.17) is 20.2 Å². The summed E-state index contributed by atoms with van der Waals surface area (Å²) in [5.41, 5.74) is 7.32. The molecule has 2 aromatic carbocycles. The van der Waals surface area contributed by atoms with Gasteiger partial charge in [0.05, 0.1) is 36.2 Å². The molecule has 276 valence electrons. The molecule has 15 heteroatoms. The van der Waals surface area contributed by atoms with Crippen molar-refractivity contribution in [2.75, 3.05) is 13.7 Å². The van der Waals surface area contributed by atoms with E-state index in [0.717, 1.165) is 36.6 Å². The molecule has 2 saturated carbocycles. The quantitative estimate of drug-likeness (QED) is 0.318. The predicted molar refractivity (Wildman–Crippen MR) is 198 cm³/mol. The lowest BCUT2D eigenvalue weighted by atomic mass is 10.0. The van der Waals surface area contributed by atoms with Crippen LogP contribution in [0.5, 0.6) is 11.5 Å². The largest absolute Gasteiger partial charge is 0.497 e. The summed E-state index contributed by atoms with van der Waals surface area (Å²) < 4.78 is 39.8. The fourth-order valence-corrected chi connectivity index (χ4v) is 8.67. The summed E-state index contributed by atoms with van der Waals surface area (Å²) in [5, 5.41) is 3.11. The van der Waals surface area contributed by atoms with Gasteiger partial charge >= 0.3 is 0 Å². The highest BCUT2D eigenvalue weighted by Gasteiger charge is 2.62. The third-order valence-corrected chi connectivity index (χ3v) is 12.2. The van der Waals surface area contributed by atoms with Gasteiger partial charge in [0.15, 0.2) is 0 Å². The highest BCUT2D eigenvalue weighted by Crippen LogP contribution is 2.48. The maximum Gasteiger partial charge on any atom is 0.259 e. The van der Waals surface area contributed by atoms with Crippen LogP contribution in [0.2, 0.25) is 0 Å². The van der Waals surface area contributed by atoms with Crippen LogP contribution in [-0.4, -0.2) is 78.7 Å². The molecule has 51 heavy (non-hydrogen) atoms. The Bertz CT molecular complexity index is 1880. The van der Waals surface area contributed by atoms with Gasteiger partial charge in [-0.05, 0) is 50.2 Å². The lowest BCUT2D eigenvalue weighted by Crippen LogP contribution is -2.57. The normalized spacial score (nSPS) is 26.7. The Kier molecular flexibility index (Phi) is 11.7. The summed E-state index contributed by atoms with van der Waals surface area (Å²) >= 11 is 0. The van der Waals surface area contributed by atoms with Gasteiger partial charge in [0.25, 0.3) is 5.91 Å². The number of rotatable bonds is 7. The minimum atomic E-state index is -3.81. The molecular formula is C36H45Cl2N5O7S. The SMILES string of the molecule is COc1ccc2c(O[C@@H]3C[C@H]4C(=O)N[C@]5(C(=O)NS(=O)(=O)C6CC6)C[C@H]5CCCCCC[C@H](N)C(=O)N4C3)cc(-c3ccccc3)nc2c1.Cl.Cl. The monoisotopic (exact) mass is 761 g/mol. The summed E-state index contributed by atoms with van der Waals surface area (Å²) in [4.78, 5) is 47.9. The van der Waals surface area contributed by atoms with E-state index in [9.17, 15) is 22.8 Å².